The predicted molar refractivity (Wildman–Crippen MR) is 117 cm³/mol. The number of nitrogens with zero attached hydrogens (tertiary/aromatic N) is 5. The van der Waals surface area contributed by atoms with Crippen molar-refractivity contribution >= 4 is 11.8 Å². The largest absolute Gasteiger partial charge is 0.445 e. The molecule has 8 nitrogen and oxygen atoms in total. The second kappa shape index (κ2) is 8.94. The molecule has 1 unspecified atom stereocenters. The van der Waals surface area contributed by atoms with Crippen molar-refractivity contribution in [1.82, 2.24) is 9.88 Å². The minimum Gasteiger partial charge on any atom is -0.445 e. The third-order valence-corrected chi connectivity index (χ3v) is 6.32. The van der Waals surface area contributed by atoms with Crippen LogP contribution in [0.4, 0.5) is 4.79 Å². The van der Waals surface area contributed by atoms with Gasteiger partial charge >= 0.3 is 6.09 Å². The van der Waals surface area contributed by atoms with Crippen LogP contribution in [0.2, 0.25) is 0 Å². The van der Waals surface area contributed by atoms with Gasteiger partial charge in [0.1, 0.15) is 12.5 Å². The molecule has 0 radical (unpaired) electrons. The number of aromatic nitrogens is 1. The van der Waals surface area contributed by atoms with E-state index in [1.807, 2.05) is 42.5 Å². The highest BCUT2D eigenvalue weighted by Gasteiger charge is 2.58. The van der Waals surface area contributed by atoms with Crippen LogP contribution >= 0.6 is 0 Å². The van der Waals surface area contributed by atoms with Crippen LogP contribution in [-0.2, 0) is 11.3 Å². The summed E-state index contributed by atoms with van der Waals surface area (Å²) in [6.45, 7) is 0.514. The Labute approximate surface area is 191 Å². The molecule has 1 saturated carbocycles. The van der Waals surface area contributed by atoms with E-state index >= 15 is 0 Å². The molecule has 33 heavy (non-hydrogen) atoms. The van der Waals surface area contributed by atoms with E-state index in [1.54, 1.807) is 30.6 Å². The van der Waals surface area contributed by atoms with E-state index in [0.29, 0.717) is 11.1 Å². The molecular weight excluding hydrogens is 416 g/mol. The summed E-state index contributed by atoms with van der Waals surface area (Å²) in [4.78, 5) is 18.4. The first-order chi connectivity index (χ1) is 16.1. The summed E-state index contributed by atoms with van der Waals surface area (Å²) in [6, 6.07) is 18.9. The highest BCUT2D eigenvalue weighted by Crippen LogP contribution is 2.53. The van der Waals surface area contributed by atoms with Crippen LogP contribution in [0.5, 0.6) is 0 Å². The van der Waals surface area contributed by atoms with Gasteiger partial charge in [-0.2, -0.15) is 15.8 Å². The SMILES string of the molecule is N#CC1C(=N)C(C#N)(C#N)[C@H](c2ccncc2)[C@H]2CN(C(=O)OCc3ccccc3)CC=C12. The number of fused-ring (bicyclic) bond motifs is 1. The Hall–Kier alpha value is -4.48. The Bertz CT molecular complexity index is 1210. The van der Waals surface area contributed by atoms with E-state index in [1.165, 1.54) is 4.90 Å². The van der Waals surface area contributed by atoms with Crippen molar-refractivity contribution in [2.45, 2.75) is 12.5 Å². The fraction of sp³-hybridized carbons (Fsp3) is 0.280. The summed E-state index contributed by atoms with van der Waals surface area (Å²) in [7, 11) is 0. The lowest BCUT2D eigenvalue weighted by molar-refractivity contribution is 0.0892. The summed E-state index contributed by atoms with van der Waals surface area (Å²) in [6.07, 6.45) is 4.36. The molecule has 0 spiro atoms. The van der Waals surface area contributed by atoms with Gasteiger partial charge in [-0.1, -0.05) is 36.4 Å². The predicted octanol–water partition coefficient (Wildman–Crippen LogP) is 3.57. The molecule has 2 aromatic rings. The lowest BCUT2D eigenvalue weighted by Gasteiger charge is -2.47. The number of pyridine rings is 1. The van der Waals surface area contributed by atoms with Gasteiger partial charge in [0.2, 0.25) is 0 Å². The Morgan fingerprint density at radius 3 is 2.48 bits per heavy atom. The maximum absolute atomic E-state index is 12.8. The van der Waals surface area contributed by atoms with Crippen LogP contribution < -0.4 is 0 Å². The van der Waals surface area contributed by atoms with Crippen molar-refractivity contribution in [2.75, 3.05) is 13.1 Å². The van der Waals surface area contributed by atoms with Gasteiger partial charge in [-0.25, -0.2) is 4.79 Å². The lowest BCUT2D eigenvalue weighted by Crippen LogP contribution is -2.53. The van der Waals surface area contributed by atoms with E-state index < -0.39 is 29.3 Å². The zero-order chi connectivity index (χ0) is 23.4. The van der Waals surface area contributed by atoms with E-state index in [0.717, 1.165) is 5.56 Å². The van der Waals surface area contributed by atoms with E-state index in [4.69, 9.17) is 10.1 Å². The molecule has 1 amide bonds. The van der Waals surface area contributed by atoms with Crippen LogP contribution in [0, 0.1) is 56.7 Å². The smallest absolute Gasteiger partial charge is 0.410 e. The minimum atomic E-state index is -1.83. The van der Waals surface area contributed by atoms with Crippen molar-refractivity contribution < 1.29 is 9.53 Å². The van der Waals surface area contributed by atoms with Crippen LogP contribution in [0.1, 0.15) is 17.0 Å². The van der Waals surface area contributed by atoms with Crippen molar-refractivity contribution in [3.05, 3.63) is 77.6 Å². The van der Waals surface area contributed by atoms with Crippen LogP contribution in [0.25, 0.3) is 0 Å². The highest BCUT2D eigenvalue weighted by atomic mass is 16.6. The number of nitriles is 3. The number of amides is 1. The summed E-state index contributed by atoms with van der Waals surface area (Å²) < 4.78 is 5.48. The van der Waals surface area contributed by atoms with Crippen LogP contribution in [-0.4, -0.2) is 34.8 Å². The van der Waals surface area contributed by atoms with Gasteiger partial charge in [0.25, 0.3) is 0 Å². The Morgan fingerprint density at radius 2 is 1.85 bits per heavy atom. The third kappa shape index (κ3) is 3.71. The maximum Gasteiger partial charge on any atom is 0.410 e. The topological polar surface area (TPSA) is 138 Å². The Morgan fingerprint density at radius 1 is 1.15 bits per heavy atom. The molecule has 0 bridgehead atoms. The number of carbonyl (C=O) groups is 1. The fourth-order valence-electron chi connectivity index (χ4n) is 4.71. The zero-order valence-corrected chi connectivity index (χ0v) is 17.7. The molecule has 1 aliphatic carbocycles. The average Bonchev–Trinajstić information content (AvgIpc) is 2.87. The number of nitrogens with one attached hydrogen (secondary N) is 1. The summed E-state index contributed by atoms with van der Waals surface area (Å²) in [5.74, 6) is -2.22. The second-order valence-electron chi connectivity index (χ2n) is 8.02. The van der Waals surface area contributed by atoms with E-state index in [9.17, 15) is 20.6 Å². The molecule has 0 saturated heterocycles. The molecule has 2 aliphatic rings. The Balaban J connectivity index is 1.69. The van der Waals surface area contributed by atoms with Gasteiger partial charge in [0, 0.05) is 37.3 Å². The highest BCUT2D eigenvalue weighted by molar-refractivity contribution is 6.00. The summed E-state index contributed by atoms with van der Waals surface area (Å²) in [5, 5.41) is 38.6. The number of carbonyl (C=O) groups excluding carboxylic acids is 1. The number of hydrogen-bond acceptors (Lipinski definition) is 7. The van der Waals surface area contributed by atoms with Gasteiger partial charge in [-0.15, -0.1) is 0 Å². The molecule has 162 valence electrons. The molecule has 1 fully saturated rings. The average molecular weight is 436 g/mol. The van der Waals surface area contributed by atoms with E-state index in [2.05, 4.69) is 11.1 Å². The number of hydrogen-bond donors (Lipinski definition) is 1. The molecule has 8 heteroatoms. The molecule has 1 aromatic carbocycles. The maximum atomic E-state index is 12.8. The molecule has 1 aromatic heterocycles. The molecule has 3 atom stereocenters. The monoisotopic (exact) mass is 436 g/mol. The normalized spacial score (nSPS) is 23.2. The van der Waals surface area contributed by atoms with Crippen molar-refractivity contribution in [1.29, 1.82) is 21.2 Å². The number of ether oxygens (including phenoxy) is 1. The quantitative estimate of drug-likeness (QED) is 0.730. The number of rotatable bonds is 3. The zero-order valence-electron chi connectivity index (χ0n) is 17.7. The molecule has 1 N–H and O–H groups in total. The number of benzene rings is 1. The lowest BCUT2D eigenvalue weighted by atomic mass is 9.54. The van der Waals surface area contributed by atoms with E-state index in [-0.39, 0.29) is 25.4 Å². The van der Waals surface area contributed by atoms with Gasteiger partial charge in [-0.3, -0.25) is 4.98 Å². The van der Waals surface area contributed by atoms with Gasteiger partial charge in [0.15, 0.2) is 5.41 Å². The second-order valence-corrected chi connectivity index (χ2v) is 8.02. The van der Waals surface area contributed by atoms with Crippen LogP contribution in [0.15, 0.2) is 66.5 Å². The molecular formula is C25H20N6O2. The van der Waals surface area contributed by atoms with Crippen molar-refractivity contribution in [3.63, 3.8) is 0 Å². The van der Waals surface area contributed by atoms with Crippen molar-refractivity contribution in [3.8, 4) is 18.2 Å². The molecule has 1 aliphatic heterocycles. The summed E-state index contributed by atoms with van der Waals surface area (Å²) >= 11 is 0. The van der Waals surface area contributed by atoms with Crippen molar-refractivity contribution in [2.24, 2.45) is 17.3 Å². The molecule has 4 rings (SSSR count). The molecule has 2 heterocycles. The van der Waals surface area contributed by atoms with Gasteiger partial charge in [-0.05, 0) is 28.8 Å². The standard InChI is InChI=1S/C25H20N6O2/c26-12-20-19-8-11-31(24(32)33-14-17-4-2-1-3-5-17)13-21(19)22(18-6-9-30-10-7-18)25(15-27,16-28)23(20)29/h1-10,20-22,29H,11,13-14H2/t20?,21-,22+/m0/s1. The first-order valence-electron chi connectivity index (χ1n) is 10.4. The van der Waals surface area contributed by atoms with Crippen LogP contribution in [0.3, 0.4) is 0 Å². The van der Waals surface area contributed by atoms with Gasteiger partial charge < -0.3 is 15.0 Å². The fourth-order valence-corrected chi connectivity index (χ4v) is 4.71. The first kappa shape index (κ1) is 21.7. The minimum absolute atomic E-state index is 0.122. The van der Waals surface area contributed by atoms with Gasteiger partial charge in [0.05, 0.1) is 23.9 Å². The Kier molecular flexibility index (Phi) is 5.89. The third-order valence-electron chi connectivity index (χ3n) is 6.32. The summed E-state index contributed by atoms with van der Waals surface area (Å²) in [5.41, 5.74) is 0.125. The first-order valence-corrected chi connectivity index (χ1v) is 10.4.